The van der Waals surface area contributed by atoms with E-state index < -0.39 is 17.6 Å². The molecule has 0 saturated heterocycles. The summed E-state index contributed by atoms with van der Waals surface area (Å²) in [6.45, 7) is 10.2. The highest BCUT2D eigenvalue weighted by atomic mass is 16.6. The van der Waals surface area contributed by atoms with Gasteiger partial charge in [0.1, 0.15) is 5.60 Å². The number of amides is 2. The van der Waals surface area contributed by atoms with Crippen LogP contribution in [0, 0.1) is 0 Å². The molecule has 0 aliphatic heterocycles. The summed E-state index contributed by atoms with van der Waals surface area (Å²) in [6.07, 6.45) is 1.76. The summed E-state index contributed by atoms with van der Waals surface area (Å²) >= 11 is 0. The fourth-order valence-electron chi connectivity index (χ4n) is 3.05. The number of hydrogen-bond donors (Lipinski definition) is 2. The second-order valence-corrected chi connectivity index (χ2v) is 8.01. The van der Waals surface area contributed by atoms with Crippen molar-refractivity contribution in [1.29, 1.82) is 0 Å². The molecule has 0 saturated carbocycles. The molecule has 2 aromatic rings. The van der Waals surface area contributed by atoms with Gasteiger partial charge >= 0.3 is 6.09 Å². The number of carbonyl (C=O) groups excluding carboxylic acids is 2. The van der Waals surface area contributed by atoms with Crippen LogP contribution in [0.15, 0.2) is 36.5 Å². The van der Waals surface area contributed by atoms with Gasteiger partial charge in [0.25, 0.3) is 0 Å². The largest absolute Gasteiger partial charge is 0.444 e. The number of aromatic nitrogens is 1. The highest BCUT2D eigenvalue weighted by Gasteiger charge is 2.17. The molecule has 6 heteroatoms. The molecule has 6 nitrogen and oxygen atoms in total. The first-order valence-corrected chi connectivity index (χ1v) is 9.43. The average Bonchev–Trinajstić information content (AvgIpc) is 2.59. The van der Waals surface area contributed by atoms with Crippen LogP contribution in [-0.2, 0) is 11.2 Å². The highest BCUT2D eigenvalue weighted by Crippen LogP contribution is 2.31. The van der Waals surface area contributed by atoms with Gasteiger partial charge in [-0.1, -0.05) is 32.0 Å². The first-order valence-electron chi connectivity index (χ1n) is 9.43. The quantitative estimate of drug-likeness (QED) is 0.787. The molecule has 0 spiro atoms. The molecule has 2 rings (SSSR count). The summed E-state index contributed by atoms with van der Waals surface area (Å²) in [4.78, 5) is 27.6. The topological polar surface area (TPSA) is 94.3 Å². The van der Waals surface area contributed by atoms with Gasteiger partial charge in [0, 0.05) is 18.3 Å². The SMILES string of the molecule is CC(C)c1c(CCNC(=O)OC(C)(C)C)cccc1-c1ccc(C(N)=O)cn1. The van der Waals surface area contributed by atoms with E-state index in [1.54, 1.807) is 6.07 Å². The van der Waals surface area contributed by atoms with E-state index in [2.05, 4.69) is 30.2 Å². The first-order chi connectivity index (χ1) is 13.1. The van der Waals surface area contributed by atoms with Crippen LogP contribution in [0.4, 0.5) is 4.79 Å². The Hall–Kier alpha value is -2.89. The zero-order valence-electron chi connectivity index (χ0n) is 17.2. The van der Waals surface area contributed by atoms with Crippen molar-refractivity contribution in [2.45, 2.75) is 52.6 Å². The van der Waals surface area contributed by atoms with Gasteiger partial charge in [0.15, 0.2) is 0 Å². The van der Waals surface area contributed by atoms with Crippen LogP contribution in [0.3, 0.4) is 0 Å². The Morgan fingerprint density at radius 3 is 2.43 bits per heavy atom. The summed E-state index contributed by atoms with van der Waals surface area (Å²) in [7, 11) is 0. The van der Waals surface area contributed by atoms with Crippen molar-refractivity contribution >= 4 is 12.0 Å². The predicted molar refractivity (Wildman–Crippen MR) is 110 cm³/mol. The maximum absolute atomic E-state index is 11.9. The third-order valence-corrected chi connectivity index (χ3v) is 4.16. The molecule has 0 atom stereocenters. The van der Waals surface area contributed by atoms with Crippen molar-refractivity contribution in [2.75, 3.05) is 6.54 Å². The molecule has 0 bridgehead atoms. The molecule has 3 N–H and O–H groups in total. The van der Waals surface area contributed by atoms with Gasteiger partial charge in [-0.2, -0.15) is 0 Å². The zero-order chi connectivity index (χ0) is 20.9. The molecular formula is C22H29N3O3. The van der Waals surface area contributed by atoms with Crippen LogP contribution >= 0.6 is 0 Å². The number of nitrogens with two attached hydrogens (primary N) is 1. The monoisotopic (exact) mass is 383 g/mol. The summed E-state index contributed by atoms with van der Waals surface area (Å²) in [5.41, 5.74) is 9.28. The lowest BCUT2D eigenvalue weighted by atomic mass is 9.89. The molecule has 1 heterocycles. The predicted octanol–water partition coefficient (Wildman–Crippen LogP) is 4.04. The van der Waals surface area contributed by atoms with E-state index in [9.17, 15) is 9.59 Å². The van der Waals surface area contributed by atoms with Crippen molar-refractivity contribution in [2.24, 2.45) is 5.73 Å². The number of hydrogen-bond acceptors (Lipinski definition) is 4. The molecule has 2 amide bonds. The smallest absolute Gasteiger partial charge is 0.407 e. The molecule has 0 aliphatic carbocycles. The molecule has 150 valence electrons. The van der Waals surface area contributed by atoms with Crippen LogP contribution in [0.2, 0.25) is 0 Å². The molecule has 0 fully saturated rings. The van der Waals surface area contributed by atoms with Gasteiger partial charge in [-0.25, -0.2) is 4.79 Å². The third-order valence-electron chi connectivity index (χ3n) is 4.16. The number of benzene rings is 1. The van der Waals surface area contributed by atoms with Crippen molar-refractivity contribution in [3.05, 3.63) is 53.2 Å². The Morgan fingerprint density at radius 2 is 1.89 bits per heavy atom. The fraction of sp³-hybridized carbons (Fsp3) is 0.409. The second-order valence-electron chi connectivity index (χ2n) is 8.01. The molecule has 0 radical (unpaired) electrons. The van der Waals surface area contributed by atoms with Crippen molar-refractivity contribution < 1.29 is 14.3 Å². The Bertz CT molecular complexity index is 837. The fourth-order valence-corrected chi connectivity index (χ4v) is 3.05. The van der Waals surface area contributed by atoms with Crippen LogP contribution in [-0.4, -0.2) is 29.1 Å². The number of ether oxygens (including phenoxy) is 1. The lowest BCUT2D eigenvalue weighted by molar-refractivity contribution is 0.0528. The van der Waals surface area contributed by atoms with Gasteiger partial charge in [-0.3, -0.25) is 9.78 Å². The lowest BCUT2D eigenvalue weighted by Gasteiger charge is -2.20. The Balaban J connectivity index is 2.21. The highest BCUT2D eigenvalue weighted by molar-refractivity contribution is 5.92. The minimum Gasteiger partial charge on any atom is -0.444 e. The van der Waals surface area contributed by atoms with E-state index in [-0.39, 0.29) is 5.92 Å². The summed E-state index contributed by atoms with van der Waals surface area (Å²) in [5.74, 6) is -0.226. The third kappa shape index (κ3) is 5.81. The molecule has 1 aromatic heterocycles. The molecule has 0 aliphatic rings. The van der Waals surface area contributed by atoms with Gasteiger partial charge in [0.05, 0.1) is 11.3 Å². The summed E-state index contributed by atoms with van der Waals surface area (Å²) < 4.78 is 5.28. The van der Waals surface area contributed by atoms with E-state index in [1.165, 1.54) is 11.8 Å². The molecule has 28 heavy (non-hydrogen) atoms. The second kappa shape index (κ2) is 8.87. The number of alkyl carbamates (subject to hydrolysis) is 1. The van der Waals surface area contributed by atoms with Crippen LogP contribution < -0.4 is 11.1 Å². The minimum atomic E-state index is -0.518. The number of carbonyl (C=O) groups is 2. The Labute approximate surface area is 166 Å². The normalized spacial score (nSPS) is 11.4. The lowest BCUT2D eigenvalue weighted by Crippen LogP contribution is -2.33. The number of primary amides is 1. The van der Waals surface area contributed by atoms with Gasteiger partial charge in [-0.15, -0.1) is 0 Å². The van der Waals surface area contributed by atoms with E-state index in [0.29, 0.717) is 18.5 Å². The van der Waals surface area contributed by atoms with Crippen LogP contribution in [0.1, 0.15) is 62.0 Å². The summed E-state index contributed by atoms with van der Waals surface area (Å²) in [6, 6.07) is 9.56. The average molecular weight is 383 g/mol. The summed E-state index contributed by atoms with van der Waals surface area (Å²) in [5, 5.41) is 2.80. The van der Waals surface area contributed by atoms with Crippen molar-refractivity contribution in [3.8, 4) is 11.3 Å². The van der Waals surface area contributed by atoms with E-state index in [4.69, 9.17) is 10.5 Å². The number of nitrogens with zero attached hydrogens (tertiary/aromatic N) is 1. The molecule has 1 aromatic carbocycles. The maximum atomic E-state index is 11.9. The standard InChI is InChI=1S/C22H29N3O3/c1-14(2)19-15(11-12-24-21(27)28-22(3,4)5)7-6-8-17(19)18-10-9-16(13-25-18)20(23)26/h6-10,13-14H,11-12H2,1-5H3,(H2,23,26)(H,24,27). The molecular weight excluding hydrogens is 354 g/mol. The minimum absolute atomic E-state index is 0.269. The van der Waals surface area contributed by atoms with E-state index in [1.807, 2.05) is 39.0 Å². The van der Waals surface area contributed by atoms with Crippen molar-refractivity contribution in [1.82, 2.24) is 10.3 Å². The van der Waals surface area contributed by atoms with Gasteiger partial charge in [-0.05, 0) is 56.4 Å². The first kappa shape index (κ1) is 21.4. The van der Waals surface area contributed by atoms with E-state index in [0.717, 1.165) is 16.8 Å². The number of rotatable bonds is 6. The van der Waals surface area contributed by atoms with Gasteiger partial charge in [0.2, 0.25) is 5.91 Å². The Morgan fingerprint density at radius 1 is 1.18 bits per heavy atom. The van der Waals surface area contributed by atoms with Gasteiger partial charge < -0.3 is 15.8 Å². The maximum Gasteiger partial charge on any atom is 0.407 e. The van der Waals surface area contributed by atoms with Crippen LogP contribution in [0.25, 0.3) is 11.3 Å². The molecule has 0 unspecified atom stereocenters. The van der Waals surface area contributed by atoms with E-state index >= 15 is 0 Å². The number of pyridine rings is 1. The number of nitrogens with one attached hydrogen (secondary N) is 1. The zero-order valence-corrected chi connectivity index (χ0v) is 17.2. The van der Waals surface area contributed by atoms with Crippen molar-refractivity contribution in [3.63, 3.8) is 0 Å². The Kier molecular flexibility index (Phi) is 6.78. The van der Waals surface area contributed by atoms with Crippen LogP contribution in [0.5, 0.6) is 0 Å².